The lowest BCUT2D eigenvalue weighted by atomic mass is 10.1. The second kappa shape index (κ2) is 7.04. The Morgan fingerprint density at radius 3 is 2.71 bits per heavy atom. The van der Waals surface area contributed by atoms with Crippen LogP contribution in [-0.4, -0.2) is 23.8 Å². The van der Waals surface area contributed by atoms with Crippen molar-refractivity contribution in [2.75, 3.05) is 0 Å². The summed E-state index contributed by atoms with van der Waals surface area (Å²) in [5.74, 6) is 0. The van der Waals surface area contributed by atoms with Crippen LogP contribution in [0.25, 0.3) is 0 Å². The highest BCUT2D eigenvalue weighted by atomic mass is 79.9. The van der Waals surface area contributed by atoms with Crippen LogP contribution in [0.2, 0.25) is 0 Å². The molecule has 1 amide bonds. The van der Waals surface area contributed by atoms with E-state index in [1.807, 2.05) is 20.8 Å². The van der Waals surface area contributed by atoms with Gasteiger partial charge in [-0.15, -0.1) is 0 Å². The summed E-state index contributed by atoms with van der Waals surface area (Å²) in [6, 6.07) is 7.28. The van der Waals surface area contributed by atoms with Gasteiger partial charge in [-0.05, 0) is 70.1 Å². The molecule has 0 aliphatic heterocycles. The monoisotopic (exact) mass is 394 g/mol. The molecule has 0 aromatic heterocycles. The van der Waals surface area contributed by atoms with Crippen molar-refractivity contribution in [2.45, 2.75) is 76.6 Å². The van der Waals surface area contributed by atoms with Crippen molar-refractivity contribution in [3.8, 4) is 0 Å². The van der Waals surface area contributed by atoms with Crippen LogP contribution in [0.4, 0.5) is 4.79 Å². The quantitative estimate of drug-likeness (QED) is 0.794. The lowest BCUT2D eigenvalue weighted by molar-refractivity contribution is 0.0497. The number of carbonyl (C=O) groups excluding carboxylic acids is 1. The Labute approximate surface area is 152 Å². The molecule has 1 aromatic carbocycles. The summed E-state index contributed by atoms with van der Waals surface area (Å²) in [6.07, 6.45) is 5.15. The first-order valence-corrected chi connectivity index (χ1v) is 9.65. The van der Waals surface area contributed by atoms with E-state index in [9.17, 15) is 4.79 Å². The number of ether oxygens (including phenoxy) is 1. The standard InChI is InChI=1S/C19H27BrN2O2/c1-19(2,3)24-18(23)22-17-9-5-8-16(17)21-15-11-10-12-13(15)6-4-7-14(12)20/h4,6-7,15-17,21H,5,8-11H2,1-3H3,(H,22,23). The zero-order valence-electron chi connectivity index (χ0n) is 14.7. The van der Waals surface area contributed by atoms with Gasteiger partial charge in [0.1, 0.15) is 5.60 Å². The predicted molar refractivity (Wildman–Crippen MR) is 99.1 cm³/mol. The highest BCUT2D eigenvalue weighted by Crippen LogP contribution is 2.37. The summed E-state index contributed by atoms with van der Waals surface area (Å²) in [6.45, 7) is 5.68. The van der Waals surface area contributed by atoms with Gasteiger partial charge in [0.25, 0.3) is 0 Å². The number of carbonyl (C=O) groups is 1. The van der Waals surface area contributed by atoms with E-state index in [1.54, 1.807) is 0 Å². The van der Waals surface area contributed by atoms with Gasteiger partial charge in [-0.25, -0.2) is 4.79 Å². The molecular formula is C19H27BrN2O2. The van der Waals surface area contributed by atoms with E-state index in [0.29, 0.717) is 12.1 Å². The molecule has 2 aliphatic carbocycles. The molecule has 1 aromatic rings. The summed E-state index contributed by atoms with van der Waals surface area (Å²) in [7, 11) is 0. The third-order valence-electron chi connectivity index (χ3n) is 4.85. The van der Waals surface area contributed by atoms with E-state index in [2.05, 4.69) is 44.8 Å². The molecule has 24 heavy (non-hydrogen) atoms. The molecule has 132 valence electrons. The smallest absolute Gasteiger partial charge is 0.407 e. The van der Waals surface area contributed by atoms with Gasteiger partial charge < -0.3 is 15.4 Å². The average molecular weight is 395 g/mol. The molecule has 0 heterocycles. The molecule has 5 heteroatoms. The van der Waals surface area contributed by atoms with Crippen LogP contribution in [0.1, 0.15) is 63.6 Å². The lowest BCUT2D eigenvalue weighted by Gasteiger charge is -2.27. The molecule has 2 aliphatic rings. The van der Waals surface area contributed by atoms with Gasteiger partial charge in [0.2, 0.25) is 0 Å². The maximum absolute atomic E-state index is 12.1. The van der Waals surface area contributed by atoms with Crippen molar-refractivity contribution in [1.82, 2.24) is 10.6 Å². The minimum Gasteiger partial charge on any atom is -0.444 e. The highest BCUT2D eigenvalue weighted by Gasteiger charge is 2.33. The van der Waals surface area contributed by atoms with Crippen molar-refractivity contribution >= 4 is 22.0 Å². The molecule has 0 saturated heterocycles. The van der Waals surface area contributed by atoms with E-state index < -0.39 is 5.60 Å². The number of nitrogens with one attached hydrogen (secondary N) is 2. The van der Waals surface area contributed by atoms with Crippen LogP contribution < -0.4 is 10.6 Å². The fraction of sp³-hybridized carbons (Fsp3) is 0.632. The number of amides is 1. The lowest BCUT2D eigenvalue weighted by Crippen LogP contribution is -2.48. The topological polar surface area (TPSA) is 50.4 Å². The molecule has 3 unspecified atom stereocenters. The Kier molecular flexibility index (Phi) is 5.21. The Hall–Kier alpha value is -1.07. The molecule has 2 N–H and O–H groups in total. The Morgan fingerprint density at radius 1 is 1.21 bits per heavy atom. The first-order valence-electron chi connectivity index (χ1n) is 8.86. The van der Waals surface area contributed by atoms with Crippen LogP contribution in [0, 0.1) is 0 Å². The molecule has 0 radical (unpaired) electrons. The van der Waals surface area contributed by atoms with Gasteiger partial charge in [0, 0.05) is 22.6 Å². The Balaban J connectivity index is 1.62. The number of hydrogen-bond acceptors (Lipinski definition) is 3. The van der Waals surface area contributed by atoms with Crippen LogP contribution in [0.15, 0.2) is 22.7 Å². The van der Waals surface area contributed by atoms with Crippen LogP contribution in [-0.2, 0) is 11.2 Å². The van der Waals surface area contributed by atoms with Crippen LogP contribution >= 0.6 is 15.9 Å². The van der Waals surface area contributed by atoms with E-state index in [-0.39, 0.29) is 12.1 Å². The molecule has 0 bridgehead atoms. The van der Waals surface area contributed by atoms with Gasteiger partial charge in [0.05, 0.1) is 0 Å². The number of halogens is 1. The first-order chi connectivity index (χ1) is 11.3. The summed E-state index contributed by atoms with van der Waals surface area (Å²) in [4.78, 5) is 12.1. The maximum Gasteiger partial charge on any atom is 0.407 e. The van der Waals surface area contributed by atoms with Crippen molar-refractivity contribution in [3.05, 3.63) is 33.8 Å². The van der Waals surface area contributed by atoms with Gasteiger partial charge in [0.15, 0.2) is 0 Å². The summed E-state index contributed by atoms with van der Waals surface area (Å²) < 4.78 is 6.61. The third kappa shape index (κ3) is 4.12. The van der Waals surface area contributed by atoms with Crippen molar-refractivity contribution in [2.24, 2.45) is 0 Å². The SMILES string of the molecule is CC(C)(C)OC(=O)NC1CCCC1NC1CCc2c(Br)cccc21. The minimum absolute atomic E-state index is 0.149. The molecule has 1 fully saturated rings. The Bertz CT molecular complexity index is 612. The van der Waals surface area contributed by atoms with Crippen LogP contribution in [0.3, 0.4) is 0 Å². The number of rotatable bonds is 3. The summed E-state index contributed by atoms with van der Waals surface area (Å²) in [5.41, 5.74) is 2.36. The third-order valence-corrected chi connectivity index (χ3v) is 5.59. The number of benzene rings is 1. The number of hydrogen-bond donors (Lipinski definition) is 2. The van der Waals surface area contributed by atoms with E-state index in [1.165, 1.54) is 15.6 Å². The molecule has 3 rings (SSSR count). The minimum atomic E-state index is -0.456. The Morgan fingerprint density at radius 2 is 1.96 bits per heavy atom. The highest BCUT2D eigenvalue weighted by molar-refractivity contribution is 9.10. The molecule has 0 spiro atoms. The zero-order valence-corrected chi connectivity index (χ0v) is 16.3. The van der Waals surface area contributed by atoms with E-state index >= 15 is 0 Å². The van der Waals surface area contributed by atoms with E-state index in [4.69, 9.17) is 4.74 Å². The molecular weight excluding hydrogens is 368 g/mol. The van der Waals surface area contributed by atoms with Gasteiger partial charge in [-0.2, -0.15) is 0 Å². The zero-order chi connectivity index (χ0) is 17.3. The average Bonchev–Trinajstić information content (AvgIpc) is 3.06. The van der Waals surface area contributed by atoms with Crippen LogP contribution in [0.5, 0.6) is 0 Å². The molecule has 3 atom stereocenters. The maximum atomic E-state index is 12.1. The van der Waals surface area contributed by atoms with Crippen molar-refractivity contribution in [3.63, 3.8) is 0 Å². The normalized spacial score (nSPS) is 26.2. The van der Waals surface area contributed by atoms with Gasteiger partial charge >= 0.3 is 6.09 Å². The van der Waals surface area contributed by atoms with Gasteiger partial charge in [-0.3, -0.25) is 0 Å². The second-order valence-electron chi connectivity index (χ2n) is 7.86. The predicted octanol–water partition coefficient (Wildman–Crippen LogP) is 4.47. The number of fused-ring (bicyclic) bond motifs is 1. The molecule has 4 nitrogen and oxygen atoms in total. The van der Waals surface area contributed by atoms with Crippen molar-refractivity contribution < 1.29 is 9.53 Å². The largest absolute Gasteiger partial charge is 0.444 e. The fourth-order valence-electron chi connectivity index (χ4n) is 3.83. The number of alkyl carbamates (subject to hydrolysis) is 1. The van der Waals surface area contributed by atoms with Crippen molar-refractivity contribution in [1.29, 1.82) is 0 Å². The second-order valence-corrected chi connectivity index (χ2v) is 8.71. The van der Waals surface area contributed by atoms with E-state index in [0.717, 1.165) is 32.1 Å². The summed E-state index contributed by atoms with van der Waals surface area (Å²) in [5, 5.41) is 6.85. The van der Waals surface area contributed by atoms with Gasteiger partial charge in [-0.1, -0.05) is 28.1 Å². The first kappa shape index (κ1) is 17.7. The fourth-order valence-corrected chi connectivity index (χ4v) is 4.41. The summed E-state index contributed by atoms with van der Waals surface area (Å²) >= 11 is 3.66. The molecule has 1 saturated carbocycles.